The molecule has 0 saturated carbocycles. The van der Waals surface area contributed by atoms with Gasteiger partial charge >= 0.3 is 0 Å². The van der Waals surface area contributed by atoms with Crippen molar-refractivity contribution in [2.45, 2.75) is 32.6 Å². The SMILES string of the molecule is Cc1cc(C(=O)N2CCSCC2)ccc1NC(=O)CCCOc1ccc2c(c1)CCC(=O)N2. The van der Waals surface area contributed by atoms with Gasteiger partial charge in [0.15, 0.2) is 0 Å². The Morgan fingerprint density at radius 3 is 2.73 bits per heavy atom. The molecule has 7 nitrogen and oxygen atoms in total. The summed E-state index contributed by atoms with van der Waals surface area (Å²) in [7, 11) is 0. The molecule has 2 aromatic rings. The van der Waals surface area contributed by atoms with Crippen molar-refractivity contribution in [3.8, 4) is 5.75 Å². The second-order valence-electron chi connectivity index (χ2n) is 8.30. The van der Waals surface area contributed by atoms with E-state index in [1.807, 2.05) is 53.9 Å². The predicted molar refractivity (Wildman–Crippen MR) is 131 cm³/mol. The number of nitrogens with zero attached hydrogens (tertiary/aromatic N) is 1. The van der Waals surface area contributed by atoms with Crippen LogP contribution in [-0.2, 0) is 16.0 Å². The molecule has 1 fully saturated rings. The van der Waals surface area contributed by atoms with Crippen molar-refractivity contribution in [2.24, 2.45) is 0 Å². The minimum absolute atomic E-state index is 0.0415. The Morgan fingerprint density at radius 2 is 1.94 bits per heavy atom. The smallest absolute Gasteiger partial charge is 0.253 e. The molecule has 4 rings (SSSR count). The lowest BCUT2D eigenvalue weighted by molar-refractivity contribution is -0.117. The summed E-state index contributed by atoms with van der Waals surface area (Å²) in [6.07, 6.45) is 2.12. The van der Waals surface area contributed by atoms with Gasteiger partial charge in [-0.05, 0) is 67.3 Å². The first-order valence-corrected chi connectivity index (χ1v) is 12.5. The van der Waals surface area contributed by atoms with Gasteiger partial charge < -0.3 is 20.3 Å². The van der Waals surface area contributed by atoms with Crippen LogP contribution < -0.4 is 15.4 Å². The molecule has 0 aliphatic carbocycles. The summed E-state index contributed by atoms with van der Waals surface area (Å²) in [5, 5.41) is 5.79. The fraction of sp³-hybridized carbons (Fsp3) is 0.400. The largest absolute Gasteiger partial charge is 0.494 e. The van der Waals surface area contributed by atoms with Crippen LogP contribution in [0.25, 0.3) is 0 Å². The van der Waals surface area contributed by atoms with Gasteiger partial charge in [-0.25, -0.2) is 0 Å². The Kier molecular flexibility index (Phi) is 7.54. The highest BCUT2D eigenvalue weighted by molar-refractivity contribution is 7.99. The van der Waals surface area contributed by atoms with E-state index >= 15 is 0 Å². The van der Waals surface area contributed by atoms with Crippen molar-refractivity contribution < 1.29 is 19.1 Å². The zero-order valence-corrected chi connectivity index (χ0v) is 19.6. The molecule has 8 heteroatoms. The van der Waals surface area contributed by atoms with Gasteiger partial charge in [0.05, 0.1) is 6.61 Å². The average molecular weight is 468 g/mol. The van der Waals surface area contributed by atoms with Crippen LogP contribution in [0.1, 0.15) is 40.7 Å². The fourth-order valence-corrected chi connectivity index (χ4v) is 4.87. The van der Waals surface area contributed by atoms with Crippen LogP contribution in [0, 0.1) is 6.92 Å². The standard InChI is InChI=1S/C25H29N3O4S/c1-17-15-19(25(31)28-10-13-33-14-11-28)4-7-21(17)26-23(29)3-2-12-32-20-6-8-22-18(16-20)5-9-24(30)27-22/h4,6-8,15-16H,2-3,5,9-14H2,1H3,(H,26,29)(H,27,30). The van der Waals surface area contributed by atoms with Crippen LogP contribution in [-0.4, -0.2) is 53.8 Å². The Labute approximate surface area is 198 Å². The maximum Gasteiger partial charge on any atom is 0.253 e. The van der Waals surface area contributed by atoms with E-state index in [0.717, 1.165) is 52.8 Å². The van der Waals surface area contributed by atoms with E-state index in [0.29, 0.717) is 37.9 Å². The van der Waals surface area contributed by atoms with Crippen LogP contribution >= 0.6 is 11.8 Å². The van der Waals surface area contributed by atoms with Gasteiger partial charge in [0, 0.05) is 54.4 Å². The van der Waals surface area contributed by atoms with Crippen LogP contribution in [0.2, 0.25) is 0 Å². The van der Waals surface area contributed by atoms with Crippen molar-refractivity contribution in [1.82, 2.24) is 4.90 Å². The van der Waals surface area contributed by atoms with E-state index in [9.17, 15) is 14.4 Å². The van der Waals surface area contributed by atoms with Gasteiger partial charge in [-0.15, -0.1) is 0 Å². The molecule has 2 heterocycles. The number of amides is 3. The Morgan fingerprint density at radius 1 is 1.12 bits per heavy atom. The molecule has 0 spiro atoms. The number of carbonyl (C=O) groups excluding carboxylic acids is 3. The monoisotopic (exact) mass is 467 g/mol. The number of rotatable bonds is 7. The molecule has 174 valence electrons. The third-order valence-corrected chi connectivity index (χ3v) is 6.78. The second-order valence-corrected chi connectivity index (χ2v) is 9.53. The molecule has 2 aromatic carbocycles. The Balaban J connectivity index is 1.23. The molecular formula is C25H29N3O4S. The summed E-state index contributed by atoms with van der Waals surface area (Å²) in [4.78, 5) is 38.4. The maximum atomic E-state index is 12.7. The highest BCUT2D eigenvalue weighted by Gasteiger charge is 2.19. The number of carbonyl (C=O) groups is 3. The molecule has 0 radical (unpaired) electrons. The van der Waals surface area contributed by atoms with Gasteiger partial charge in [-0.3, -0.25) is 14.4 Å². The topological polar surface area (TPSA) is 87.7 Å². The van der Waals surface area contributed by atoms with Gasteiger partial charge in [0.1, 0.15) is 5.75 Å². The number of hydrogen-bond acceptors (Lipinski definition) is 5. The Bertz CT molecular complexity index is 1050. The molecule has 0 aromatic heterocycles. The quantitative estimate of drug-likeness (QED) is 0.604. The van der Waals surface area contributed by atoms with Crippen LogP contribution in [0.15, 0.2) is 36.4 Å². The number of benzene rings is 2. The number of aryl methyl sites for hydroxylation is 2. The molecule has 1 saturated heterocycles. The van der Waals surface area contributed by atoms with Crippen LogP contribution in [0.3, 0.4) is 0 Å². The van der Waals surface area contributed by atoms with E-state index < -0.39 is 0 Å². The number of thioether (sulfide) groups is 1. The first-order chi connectivity index (χ1) is 16.0. The summed E-state index contributed by atoms with van der Waals surface area (Å²) in [5.41, 5.74) is 4.18. The summed E-state index contributed by atoms with van der Waals surface area (Å²) in [6.45, 7) is 3.90. The van der Waals surface area contributed by atoms with E-state index in [1.165, 1.54) is 0 Å². The molecule has 2 aliphatic heterocycles. The molecule has 33 heavy (non-hydrogen) atoms. The van der Waals surface area contributed by atoms with Crippen molar-refractivity contribution >= 4 is 40.9 Å². The summed E-state index contributed by atoms with van der Waals surface area (Å²) in [5.74, 6) is 2.72. The normalized spacial score (nSPS) is 15.4. The minimum atomic E-state index is -0.0815. The third-order valence-electron chi connectivity index (χ3n) is 5.83. The van der Waals surface area contributed by atoms with E-state index in [-0.39, 0.29) is 17.7 Å². The van der Waals surface area contributed by atoms with E-state index in [2.05, 4.69) is 10.6 Å². The van der Waals surface area contributed by atoms with Crippen molar-refractivity contribution in [3.63, 3.8) is 0 Å². The van der Waals surface area contributed by atoms with Gasteiger partial charge in [0.25, 0.3) is 5.91 Å². The molecule has 0 bridgehead atoms. The highest BCUT2D eigenvalue weighted by atomic mass is 32.2. The molecule has 3 amide bonds. The van der Waals surface area contributed by atoms with Crippen LogP contribution in [0.4, 0.5) is 11.4 Å². The lowest BCUT2D eigenvalue weighted by Gasteiger charge is -2.26. The first kappa shape index (κ1) is 23.2. The maximum absolute atomic E-state index is 12.7. The zero-order valence-electron chi connectivity index (χ0n) is 18.8. The summed E-state index contributed by atoms with van der Waals surface area (Å²) in [6, 6.07) is 11.1. The van der Waals surface area contributed by atoms with E-state index in [4.69, 9.17) is 4.74 Å². The van der Waals surface area contributed by atoms with Crippen molar-refractivity contribution in [2.75, 3.05) is 41.8 Å². The van der Waals surface area contributed by atoms with E-state index in [1.54, 1.807) is 6.07 Å². The molecule has 0 atom stereocenters. The molecule has 2 N–H and O–H groups in total. The van der Waals surface area contributed by atoms with Crippen molar-refractivity contribution in [1.29, 1.82) is 0 Å². The summed E-state index contributed by atoms with van der Waals surface area (Å²) < 4.78 is 5.79. The number of anilines is 2. The van der Waals surface area contributed by atoms with Gasteiger partial charge in [-0.1, -0.05) is 0 Å². The number of hydrogen-bond donors (Lipinski definition) is 2. The van der Waals surface area contributed by atoms with Gasteiger partial charge in [-0.2, -0.15) is 11.8 Å². The molecule has 2 aliphatic rings. The van der Waals surface area contributed by atoms with Crippen molar-refractivity contribution in [3.05, 3.63) is 53.1 Å². The zero-order chi connectivity index (χ0) is 23.2. The minimum Gasteiger partial charge on any atom is -0.494 e. The third kappa shape index (κ3) is 6.07. The average Bonchev–Trinajstić information content (AvgIpc) is 2.83. The molecule has 0 unspecified atom stereocenters. The predicted octanol–water partition coefficient (Wildman–Crippen LogP) is 3.87. The second kappa shape index (κ2) is 10.7. The number of ether oxygens (including phenoxy) is 1. The fourth-order valence-electron chi connectivity index (χ4n) is 3.97. The first-order valence-electron chi connectivity index (χ1n) is 11.3. The summed E-state index contributed by atoms with van der Waals surface area (Å²) >= 11 is 1.87. The number of nitrogens with one attached hydrogen (secondary N) is 2. The lowest BCUT2D eigenvalue weighted by atomic mass is 10.0. The van der Waals surface area contributed by atoms with Crippen LogP contribution in [0.5, 0.6) is 5.75 Å². The lowest BCUT2D eigenvalue weighted by Crippen LogP contribution is -2.37. The Hall–Kier alpha value is -3.00. The van der Waals surface area contributed by atoms with Gasteiger partial charge in [0.2, 0.25) is 11.8 Å². The highest BCUT2D eigenvalue weighted by Crippen LogP contribution is 2.27. The molecular weight excluding hydrogens is 438 g/mol. The number of fused-ring (bicyclic) bond motifs is 1.